The number of ether oxygens (including phenoxy) is 1. The maximum Gasteiger partial charge on any atom is 0.319 e. The predicted molar refractivity (Wildman–Crippen MR) is 74.6 cm³/mol. The molecule has 1 aromatic rings. The lowest BCUT2D eigenvalue weighted by molar-refractivity contribution is -0.387. The molecular formula is C12H14ClNO4S. The van der Waals surface area contributed by atoms with Gasteiger partial charge in [-0.25, -0.2) is 0 Å². The summed E-state index contributed by atoms with van der Waals surface area (Å²) in [5.41, 5.74) is -0.105. The summed E-state index contributed by atoms with van der Waals surface area (Å²) in [6.45, 7) is 3.69. The van der Waals surface area contributed by atoms with Crippen LogP contribution in [0.1, 0.15) is 13.8 Å². The van der Waals surface area contributed by atoms with Crippen LogP contribution in [-0.2, 0) is 9.53 Å². The molecule has 0 spiro atoms. The van der Waals surface area contributed by atoms with Crippen LogP contribution >= 0.6 is 23.4 Å². The average molecular weight is 304 g/mol. The first-order chi connectivity index (χ1) is 8.88. The van der Waals surface area contributed by atoms with Gasteiger partial charge in [-0.3, -0.25) is 14.9 Å². The van der Waals surface area contributed by atoms with Gasteiger partial charge in [0.1, 0.15) is 10.1 Å². The molecule has 0 aliphatic heterocycles. The van der Waals surface area contributed by atoms with E-state index in [0.717, 1.165) is 11.8 Å². The first kappa shape index (κ1) is 15.8. The van der Waals surface area contributed by atoms with Gasteiger partial charge in [0.2, 0.25) is 0 Å². The molecule has 0 aliphatic carbocycles. The second-order valence-corrected chi connectivity index (χ2v) is 5.71. The van der Waals surface area contributed by atoms with Crippen LogP contribution in [0, 0.1) is 16.0 Å². The summed E-state index contributed by atoms with van der Waals surface area (Å²) in [5, 5.41) is 10.7. The summed E-state index contributed by atoms with van der Waals surface area (Å²) < 4.78 is 4.71. The number of hydrogen-bond acceptors (Lipinski definition) is 5. The minimum Gasteiger partial charge on any atom is -0.468 e. The number of halogens is 1. The van der Waals surface area contributed by atoms with Gasteiger partial charge in [0.15, 0.2) is 0 Å². The second-order valence-electron chi connectivity index (χ2n) is 4.15. The number of benzene rings is 1. The first-order valence-corrected chi connectivity index (χ1v) is 6.81. The molecule has 7 heteroatoms. The monoisotopic (exact) mass is 303 g/mol. The van der Waals surface area contributed by atoms with Gasteiger partial charge in [-0.05, 0) is 12.0 Å². The van der Waals surface area contributed by atoms with E-state index in [1.807, 2.05) is 13.8 Å². The van der Waals surface area contributed by atoms with E-state index in [4.69, 9.17) is 16.3 Å². The third-order valence-corrected chi connectivity index (χ3v) is 4.51. The van der Waals surface area contributed by atoms with Gasteiger partial charge in [0.25, 0.3) is 5.69 Å². The van der Waals surface area contributed by atoms with Crippen LogP contribution in [0.5, 0.6) is 0 Å². The van der Waals surface area contributed by atoms with Gasteiger partial charge in [0, 0.05) is 6.07 Å². The standard InChI is InChI=1S/C12H14ClNO4S/c1-7(2)10(12(15)18-3)19-11-8(13)5-4-6-9(11)14(16)17/h4-7,10H,1-3H3. The van der Waals surface area contributed by atoms with Gasteiger partial charge in [-0.15, -0.1) is 11.8 Å². The van der Waals surface area contributed by atoms with E-state index in [1.54, 1.807) is 6.07 Å². The molecule has 5 nitrogen and oxygen atoms in total. The molecule has 19 heavy (non-hydrogen) atoms. The Morgan fingerprint density at radius 1 is 1.47 bits per heavy atom. The summed E-state index contributed by atoms with van der Waals surface area (Å²) in [6, 6.07) is 4.43. The average Bonchev–Trinajstić information content (AvgIpc) is 2.35. The molecule has 0 bridgehead atoms. The molecule has 0 radical (unpaired) electrons. The van der Waals surface area contributed by atoms with E-state index in [1.165, 1.54) is 19.2 Å². The van der Waals surface area contributed by atoms with Crippen molar-refractivity contribution >= 4 is 35.0 Å². The smallest absolute Gasteiger partial charge is 0.319 e. The molecule has 104 valence electrons. The first-order valence-electron chi connectivity index (χ1n) is 5.55. The molecule has 0 fully saturated rings. The van der Waals surface area contributed by atoms with Crippen molar-refractivity contribution in [3.63, 3.8) is 0 Å². The number of nitro benzene ring substituents is 1. The quantitative estimate of drug-likeness (QED) is 0.360. The minimum absolute atomic E-state index is 0.0340. The predicted octanol–water partition coefficient (Wildman–Crippen LogP) is 3.54. The van der Waals surface area contributed by atoms with Crippen molar-refractivity contribution in [1.82, 2.24) is 0 Å². The van der Waals surface area contributed by atoms with Crippen molar-refractivity contribution in [1.29, 1.82) is 0 Å². The second kappa shape index (κ2) is 6.77. The molecule has 0 saturated heterocycles. The van der Waals surface area contributed by atoms with E-state index in [2.05, 4.69) is 0 Å². The molecule has 1 rings (SSSR count). The maximum atomic E-state index is 11.7. The van der Waals surface area contributed by atoms with E-state index < -0.39 is 16.1 Å². The van der Waals surface area contributed by atoms with Crippen molar-refractivity contribution in [2.45, 2.75) is 24.0 Å². The Morgan fingerprint density at radius 3 is 2.58 bits per heavy atom. The lowest BCUT2D eigenvalue weighted by atomic mass is 10.1. The van der Waals surface area contributed by atoms with E-state index in [9.17, 15) is 14.9 Å². The van der Waals surface area contributed by atoms with Crippen LogP contribution < -0.4 is 0 Å². The van der Waals surface area contributed by atoms with Gasteiger partial charge in [-0.2, -0.15) is 0 Å². The van der Waals surface area contributed by atoms with Crippen LogP contribution in [0.2, 0.25) is 5.02 Å². The van der Waals surface area contributed by atoms with E-state index >= 15 is 0 Å². The Kier molecular flexibility index (Phi) is 5.62. The Morgan fingerprint density at radius 2 is 2.11 bits per heavy atom. The fourth-order valence-electron chi connectivity index (χ4n) is 1.46. The number of hydrogen-bond donors (Lipinski definition) is 0. The highest BCUT2D eigenvalue weighted by Gasteiger charge is 2.29. The number of rotatable bonds is 5. The van der Waals surface area contributed by atoms with Gasteiger partial charge in [0.05, 0.1) is 17.1 Å². The summed E-state index contributed by atoms with van der Waals surface area (Å²) in [5.74, 6) is -0.456. The van der Waals surface area contributed by atoms with Gasteiger partial charge < -0.3 is 4.74 Å². The van der Waals surface area contributed by atoms with Crippen molar-refractivity contribution in [3.8, 4) is 0 Å². The summed E-state index contributed by atoms with van der Waals surface area (Å²) in [7, 11) is 1.29. The van der Waals surface area contributed by atoms with E-state index in [0.29, 0.717) is 4.90 Å². The Labute approximate surface area is 120 Å². The zero-order valence-electron chi connectivity index (χ0n) is 10.8. The molecular weight excluding hydrogens is 290 g/mol. The number of thioether (sulfide) groups is 1. The SMILES string of the molecule is COC(=O)C(Sc1c(Cl)cccc1[N+](=O)[O-])C(C)C. The zero-order chi connectivity index (χ0) is 14.6. The van der Waals surface area contributed by atoms with Gasteiger partial charge >= 0.3 is 5.97 Å². The number of carbonyl (C=O) groups is 1. The maximum absolute atomic E-state index is 11.7. The van der Waals surface area contributed by atoms with Crippen molar-refractivity contribution in [3.05, 3.63) is 33.3 Å². The molecule has 1 atom stereocenters. The lowest BCUT2D eigenvalue weighted by Gasteiger charge is -2.18. The highest BCUT2D eigenvalue weighted by atomic mass is 35.5. The highest BCUT2D eigenvalue weighted by molar-refractivity contribution is 8.00. The fraction of sp³-hybridized carbons (Fsp3) is 0.417. The summed E-state index contributed by atoms with van der Waals surface area (Å²) in [6.07, 6.45) is 0. The number of carbonyl (C=O) groups excluding carboxylic acids is 1. The van der Waals surface area contributed by atoms with Crippen molar-refractivity contribution in [2.75, 3.05) is 7.11 Å². The van der Waals surface area contributed by atoms with Gasteiger partial charge in [-0.1, -0.05) is 31.5 Å². The fourth-order valence-corrected chi connectivity index (χ4v) is 2.92. The summed E-state index contributed by atoms with van der Waals surface area (Å²) in [4.78, 5) is 22.5. The number of methoxy groups -OCH3 is 1. The molecule has 0 aliphatic rings. The molecule has 0 amide bonds. The van der Waals surface area contributed by atoms with Crippen LogP contribution in [-0.4, -0.2) is 23.3 Å². The Hall–Kier alpha value is -1.27. The Balaban J connectivity index is 3.16. The zero-order valence-corrected chi connectivity index (χ0v) is 12.3. The number of esters is 1. The highest BCUT2D eigenvalue weighted by Crippen LogP contribution is 2.40. The van der Waals surface area contributed by atoms with Crippen molar-refractivity contribution < 1.29 is 14.5 Å². The van der Waals surface area contributed by atoms with Crippen LogP contribution in [0.25, 0.3) is 0 Å². The normalized spacial score (nSPS) is 12.3. The lowest BCUT2D eigenvalue weighted by Crippen LogP contribution is -2.24. The van der Waals surface area contributed by atoms with Crippen LogP contribution in [0.15, 0.2) is 23.1 Å². The van der Waals surface area contributed by atoms with Crippen LogP contribution in [0.3, 0.4) is 0 Å². The largest absolute Gasteiger partial charge is 0.468 e. The third kappa shape index (κ3) is 3.84. The molecule has 1 unspecified atom stereocenters. The molecule has 0 N–H and O–H groups in total. The topological polar surface area (TPSA) is 69.4 Å². The van der Waals surface area contributed by atoms with E-state index in [-0.39, 0.29) is 16.6 Å². The third-order valence-electron chi connectivity index (χ3n) is 2.43. The molecule has 1 aromatic carbocycles. The number of nitrogens with zero attached hydrogens (tertiary/aromatic N) is 1. The van der Waals surface area contributed by atoms with Crippen molar-refractivity contribution in [2.24, 2.45) is 5.92 Å². The van der Waals surface area contributed by atoms with Crippen LogP contribution in [0.4, 0.5) is 5.69 Å². The molecule has 0 saturated carbocycles. The Bertz CT molecular complexity index is 493. The molecule has 0 heterocycles. The minimum atomic E-state index is -0.538. The number of nitro groups is 1. The summed E-state index contributed by atoms with van der Waals surface area (Å²) >= 11 is 7.06. The molecule has 0 aromatic heterocycles.